The van der Waals surface area contributed by atoms with E-state index in [1.165, 1.54) is 76.2 Å². The zero-order chi connectivity index (χ0) is 19.5. The summed E-state index contributed by atoms with van der Waals surface area (Å²) >= 11 is 5.44. The van der Waals surface area contributed by atoms with Gasteiger partial charge in [-0.1, -0.05) is 77.6 Å². The lowest BCUT2D eigenvalue weighted by atomic mass is 10.1. The number of hydrogen-bond donors (Lipinski definition) is 0. The Morgan fingerprint density at radius 1 is 0.769 bits per heavy atom. The minimum absolute atomic E-state index is 0.0978. The molecule has 5 nitrogen and oxygen atoms in total. The molecule has 154 valence electrons. The average Bonchev–Trinajstić information content (AvgIpc) is 2.63. The highest BCUT2D eigenvalue weighted by molar-refractivity contribution is 6.18. The fourth-order valence-electron chi connectivity index (χ4n) is 2.67. The molecule has 0 aromatic rings. The van der Waals surface area contributed by atoms with Crippen molar-refractivity contribution in [3.05, 3.63) is 0 Å². The van der Waals surface area contributed by atoms with Gasteiger partial charge in [0.05, 0.1) is 12.5 Å². The van der Waals surface area contributed by atoms with E-state index in [1.54, 1.807) is 0 Å². The van der Waals surface area contributed by atoms with Crippen molar-refractivity contribution >= 4 is 23.7 Å². The maximum Gasteiger partial charge on any atom is 0.410 e. The Balaban J connectivity index is 3.36. The van der Waals surface area contributed by atoms with Crippen LogP contribution < -0.4 is 0 Å². The molecule has 0 saturated carbocycles. The summed E-state index contributed by atoms with van der Waals surface area (Å²) in [5.74, 6) is -0.165. The van der Waals surface area contributed by atoms with Gasteiger partial charge in [0.15, 0.2) is 0 Å². The van der Waals surface area contributed by atoms with E-state index in [0.717, 1.165) is 12.8 Å². The second-order valence-electron chi connectivity index (χ2n) is 6.77. The van der Waals surface area contributed by atoms with E-state index >= 15 is 0 Å². The molecule has 0 aromatic heterocycles. The van der Waals surface area contributed by atoms with Crippen LogP contribution >= 0.6 is 11.6 Å². The van der Waals surface area contributed by atoms with Crippen molar-refractivity contribution in [3.8, 4) is 0 Å². The summed E-state index contributed by atoms with van der Waals surface area (Å²) in [7, 11) is 1.50. The molecule has 0 radical (unpaired) electrons. The number of esters is 1. The van der Waals surface area contributed by atoms with Crippen LogP contribution in [0.2, 0.25) is 0 Å². The lowest BCUT2D eigenvalue weighted by Crippen LogP contribution is -2.33. The Kier molecular flexibility index (Phi) is 18.1. The van der Waals surface area contributed by atoms with Crippen molar-refractivity contribution in [2.75, 3.05) is 32.7 Å². The topological polar surface area (TPSA) is 55.8 Å². The summed E-state index contributed by atoms with van der Waals surface area (Å²) in [6.45, 7) is 2.71. The Hall–Kier alpha value is -0.970. The van der Waals surface area contributed by atoms with Gasteiger partial charge >= 0.3 is 12.1 Å². The minimum atomic E-state index is -0.562. The molecule has 0 rings (SSSR count). The van der Waals surface area contributed by atoms with Crippen LogP contribution in [0.15, 0.2) is 0 Å². The minimum Gasteiger partial charge on any atom is -0.464 e. The van der Waals surface area contributed by atoms with Crippen molar-refractivity contribution in [1.29, 1.82) is 0 Å². The summed E-state index contributed by atoms with van der Waals surface area (Å²) < 4.78 is 9.97. The summed E-state index contributed by atoms with van der Waals surface area (Å²) in [6, 6.07) is 0. The third kappa shape index (κ3) is 16.5. The van der Waals surface area contributed by atoms with E-state index in [1.807, 2.05) is 0 Å². The average molecular weight is 392 g/mol. The third-order valence-electron chi connectivity index (χ3n) is 4.24. The molecule has 0 atom stereocenters. The highest BCUT2D eigenvalue weighted by Crippen LogP contribution is 2.11. The number of rotatable bonds is 17. The first-order chi connectivity index (χ1) is 12.6. The second kappa shape index (κ2) is 18.8. The zero-order valence-electron chi connectivity index (χ0n) is 16.8. The summed E-state index contributed by atoms with van der Waals surface area (Å²) in [4.78, 5) is 24.3. The predicted octanol–water partition coefficient (Wildman–Crippen LogP) is 5.54. The first-order valence-corrected chi connectivity index (χ1v) is 10.7. The number of alkyl halides is 1. The van der Waals surface area contributed by atoms with Gasteiger partial charge in [-0.2, -0.15) is 0 Å². The van der Waals surface area contributed by atoms with E-state index in [9.17, 15) is 9.59 Å². The SMILES string of the molecule is CCCCCCCCCCCCCCOC(=O)CN(C)C(=O)OCCCl. The number of unbranched alkanes of at least 4 members (excludes halogenated alkanes) is 11. The molecule has 0 saturated heterocycles. The number of hydrogen-bond acceptors (Lipinski definition) is 4. The number of likely N-dealkylation sites (N-methyl/N-ethyl adjacent to an activating group) is 1. The Labute approximate surface area is 164 Å². The van der Waals surface area contributed by atoms with Gasteiger partial charge in [-0.25, -0.2) is 4.79 Å². The number of carbonyl (C=O) groups excluding carboxylic acids is 2. The molecule has 0 unspecified atom stereocenters. The lowest BCUT2D eigenvalue weighted by molar-refractivity contribution is -0.144. The fraction of sp³-hybridized carbons (Fsp3) is 0.900. The molecule has 0 fully saturated rings. The Morgan fingerprint density at radius 2 is 1.27 bits per heavy atom. The zero-order valence-corrected chi connectivity index (χ0v) is 17.5. The van der Waals surface area contributed by atoms with E-state index < -0.39 is 12.1 Å². The highest BCUT2D eigenvalue weighted by Gasteiger charge is 2.14. The molecule has 0 bridgehead atoms. The molecule has 1 amide bonds. The van der Waals surface area contributed by atoms with Crippen molar-refractivity contribution in [3.63, 3.8) is 0 Å². The number of ether oxygens (including phenoxy) is 2. The van der Waals surface area contributed by atoms with Gasteiger partial charge in [0.2, 0.25) is 0 Å². The summed E-state index contributed by atoms with van der Waals surface area (Å²) in [6.07, 6.45) is 14.7. The van der Waals surface area contributed by atoms with Crippen LogP contribution in [0.25, 0.3) is 0 Å². The molecule has 0 spiro atoms. The maximum atomic E-state index is 11.6. The second-order valence-corrected chi connectivity index (χ2v) is 7.15. The van der Waals surface area contributed by atoms with Crippen molar-refractivity contribution in [2.45, 2.75) is 84.0 Å². The molecule has 26 heavy (non-hydrogen) atoms. The lowest BCUT2D eigenvalue weighted by Gasteiger charge is -2.15. The molecular weight excluding hydrogens is 354 g/mol. The summed E-state index contributed by atoms with van der Waals surface area (Å²) in [5, 5.41) is 0. The molecular formula is C20H38ClNO4. The quantitative estimate of drug-likeness (QED) is 0.185. The van der Waals surface area contributed by atoms with E-state index in [4.69, 9.17) is 21.1 Å². The normalized spacial score (nSPS) is 10.6. The fourth-order valence-corrected chi connectivity index (χ4v) is 2.75. The number of nitrogens with zero attached hydrogens (tertiary/aromatic N) is 1. The third-order valence-corrected chi connectivity index (χ3v) is 4.40. The Bertz CT molecular complexity index is 353. The monoisotopic (exact) mass is 391 g/mol. The van der Waals surface area contributed by atoms with Gasteiger partial charge in [0.25, 0.3) is 0 Å². The Morgan fingerprint density at radius 3 is 1.77 bits per heavy atom. The van der Waals surface area contributed by atoms with Crippen LogP contribution in [0.4, 0.5) is 4.79 Å². The van der Waals surface area contributed by atoms with E-state index in [0.29, 0.717) is 6.61 Å². The molecule has 0 aliphatic rings. The molecule has 0 heterocycles. The molecule has 0 aliphatic carbocycles. The van der Waals surface area contributed by atoms with Crippen LogP contribution in [0.5, 0.6) is 0 Å². The number of halogens is 1. The summed E-state index contributed by atoms with van der Waals surface area (Å²) in [5.41, 5.74) is 0. The molecule has 0 aromatic carbocycles. The highest BCUT2D eigenvalue weighted by atomic mass is 35.5. The molecule has 6 heteroatoms. The van der Waals surface area contributed by atoms with Crippen LogP contribution in [0, 0.1) is 0 Å². The standard InChI is InChI=1S/C20H38ClNO4/c1-3-4-5-6-7-8-9-10-11-12-13-14-16-25-19(23)18-22(2)20(24)26-17-15-21/h3-18H2,1-2H3. The van der Waals surface area contributed by atoms with Crippen LogP contribution in [0.1, 0.15) is 84.0 Å². The van der Waals surface area contributed by atoms with Gasteiger partial charge in [0.1, 0.15) is 13.2 Å². The first-order valence-electron chi connectivity index (χ1n) is 10.2. The van der Waals surface area contributed by atoms with Crippen molar-refractivity contribution in [2.24, 2.45) is 0 Å². The van der Waals surface area contributed by atoms with Crippen LogP contribution in [0.3, 0.4) is 0 Å². The smallest absolute Gasteiger partial charge is 0.410 e. The predicted molar refractivity (Wildman–Crippen MR) is 107 cm³/mol. The van der Waals surface area contributed by atoms with Gasteiger partial charge < -0.3 is 14.4 Å². The van der Waals surface area contributed by atoms with Gasteiger partial charge in [-0.05, 0) is 6.42 Å². The number of carbonyl (C=O) groups is 2. The molecule has 0 aliphatic heterocycles. The van der Waals surface area contributed by atoms with E-state index in [-0.39, 0.29) is 19.0 Å². The largest absolute Gasteiger partial charge is 0.464 e. The van der Waals surface area contributed by atoms with Crippen molar-refractivity contribution < 1.29 is 19.1 Å². The van der Waals surface area contributed by atoms with Crippen molar-refractivity contribution in [1.82, 2.24) is 4.90 Å². The van der Waals surface area contributed by atoms with Gasteiger partial charge in [0, 0.05) is 7.05 Å². The van der Waals surface area contributed by atoms with Crippen LogP contribution in [-0.4, -0.2) is 49.6 Å². The van der Waals surface area contributed by atoms with E-state index in [2.05, 4.69) is 6.92 Å². The maximum absolute atomic E-state index is 11.6. The first kappa shape index (κ1) is 25.0. The van der Waals surface area contributed by atoms with Gasteiger partial charge in [-0.15, -0.1) is 11.6 Å². The van der Waals surface area contributed by atoms with Crippen LogP contribution in [-0.2, 0) is 14.3 Å². The number of amides is 1. The molecule has 0 N–H and O–H groups in total. The van der Waals surface area contributed by atoms with Gasteiger partial charge in [-0.3, -0.25) is 4.79 Å².